The predicted octanol–water partition coefficient (Wildman–Crippen LogP) is 5.56. The fourth-order valence-corrected chi connectivity index (χ4v) is 3.72. The molecule has 0 saturated carbocycles. The number of rotatable bonds is 3. The van der Waals surface area contributed by atoms with Crippen LogP contribution in [0.5, 0.6) is 0 Å². The average Bonchev–Trinajstić information content (AvgIpc) is 2.99. The van der Waals surface area contributed by atoms with E-state index in [1.54, 1.807) is 0 Å². The van der Waals surface area contributed by atoms with Crippen LogP contribution in [0.3, 0.4) is 0 Å². The summed E-state index contributed by atoms with van der Waals surface area (Å²) in [5.74, 6) is 1.13. The maximum Gasteiger partial charge on any atom is 0.111 e. The first kappa shape index (κ1) is 17.7. The summed E-state index contributed by atoms with van der Waals surface area (Å²) in [4.78, 5) is 13.9. The number of fused-ring (bicyclic) bond motifs is 3. The highest BCUT2D eigenvalue weighted by Gasteiger charge is 2.20. The fraction of sp³-hybridized carbons (Fsp3) is 0.348. The Labute approximate surface area is 160 Å². The molecule has 3 aromatic heterocycles. The molecule has 4 heteroatoms. The molecule has 0 amide bonds. The largest absolute Gasteiger partial charge is 0.327 e. The third-order valence-electron chi connectivity index (χ3n) is 4.89. The van der Waals surface area contributed by atoms with Crippen LogP contribution in [0.25, 0.3) is 33.1 Å². The van der Waals surface area contributed by atoms with Crippen LogP contribution < -0.4 is 0 Å². The molecule has 27 heavy (non-hydrogen) atoms. The van der Waals surface area contributed by atoms with Crippen LogP contribution >= 0.6 is 0 Å². The Bertz CT molecular complexity index is 1120. The van der Waals surface area contributed by atoms with E-state index in [9.17, 15) is 0 Å². The SMILES string of the molecule is CCc1nc2c(C)nc3cc(-c4ccncc4)ccc3c2n1CC(C)(C)C. The summed E-state index contributed by atoms with van der Waals surface area (Å²) in [5.41, 5.74) is 6.75. The zero-order chi connectivity index (χ0) is 19.2. The van der Waals surface area contributed by atoms with Gasteiger partial charge >= 0.3 is 0 Å². The van der Waals surface area contributed by atoms with Gasteiger partial charge in [0, 0.05) is 30.7 Å². The molecular weight excluding hydrogens is 332 g/mol. The number of aromatic nitrogens is 4. The first-order valence-electron chi connectivity index (χ1n) is 9.57. The summed E-state index contributed by atoms with van der Waals surface area (Å²) in [6.07, 6.45) is 4.57. The Morgan fingerprint density at radius 2 is 1.70 bits per heavy atom. The van der Waals surface area contributed by atoms with Gasteiger partial charge in [-0.1, -0.05) is 39.8 Å². The van der Waals surface area contributed by atoms with Crippen LogP contribution in [0.4, 0.5) is 0 Å². The number of hydrogen-bond donors (Lipinski definition) is 0. The first-order chi connectivity index (χ1) is 12.9. The van der Waals surface area contributed by atoms with E-state index < -0.39 is 0 Å². The van der Waals surface area contributed by atoms with Gasteiger partial charge in [0.2, 0.25) is 0 Å². The highest BCUT2D eigenvalue weighted by Crippen LogP contribution is 2.32. The van der Waals surface area contributed by atoms with Crippen molar-refractivity contribution in [1.29, 1.82) is 0 Å². The highest BCUT2D eigenvalue weighted by molar-refractivity contribution is 6.04. The maximum absolute atomic E-state index is 4.94. The van der Waals surface area contributed by atoms with E-state index in [-0.39, 0.29) is 5.41 Å². The molecule has 4 nitrogen and oxygen atoms in total. The Hall–Kier alpha value is -2.75. The average molecular weight is 358 g/mol. The lowest BCUT2D eigenvalue weighted by molar-refractivity contribution is 0.343. The predicted molar refractivity (Wildman–Crippen MR) is 112 cm³/mol. The smallest absolute Gasteiger partial charge is 0.111 e. The zero-order valence-corrected chi connectivity index (χ0v) is 16.7. The van der Waals surface area contributed by atoms with E-state index in [0.29, 0.717) is 0 Å². The molecule has 0 radical (unpaired) electrons. The number of pyridine rings is 2. The lowest BCUT2D eigenvalue weighted by Gasteiger charge is -2.21. The molecule has 0 saturated heterocycles. The molecular formula is C23H26N4. The summed E-state index contributed by atoms with van der Waals surface area (Å²) < 4.78 is 2.40. The van der Waals surface area contributed by atoms with Crippen LogP contribution in [0.2, 0.25) is 0 Å². The summed E-state index contributed by atoms with van der Waals surface area (Å²) in [6.45, 7) is 12.0. The van der Waals surface area contributed by atoms with E-state index in [1.165, 1.54) is 10.9 Å². The Kier molecular flexibility index (Phi) is 4.22. The van der Waals surface area contributed by atoms with E-state index in [1.807, 2.05) is 24.5 Å². The normalized spacial score (nSPS) is 12.2. The molecule has 138 valence electrons. The minimum atomic E-state index is 0.179. The van der Waals surface area contributed by atoms with Crippen molar-refractivity contribution in [2.24, 2.45) is 5.41 Å². The second-order valence-electron chi connectivity index (χ2n) is 8.39. The van der Waals surface area contributed by atoms with E-state index >= 15 is 0 Å². The minimum absolute atomic E-state index is 0.179. The fourth-order valence-electron chi connectivity index (χ4n) is 3.72. The number of imidazole rings is 1. The van der Waals surface area contributed by atoms with Crippen molar-refractivity contribution >= 4 is 21.9 Å². The molecule has 0 unspecified atom stereocenters. The van der Waals surface area contributed by atoms with Gasteiger partial charge in [-0.2, -0.15) is 0 Å². The molecule has 0 aliphatic carbocycles. The van der Waals surface area contributed by atoms with E-state index in [0.717, 1.165) is 46.6 Å². The van der Waals surface area contributed by atoms with Gasteiger partial charge in [-0.15, -0.1) is 0 Å². The van der Waals surface area contributed by atoms with Crippen molar-refractivity contribution in [3.8, 4) is 11.1 Å². The molecule has 4 rings (SSSR count). The summed E-state index contributed by atoms with van der Waals surface area (Å²) >= 11 is 0. The number of aryl methyl sites for hydroxylation is 2. The summed E-state index contributed by atoms with van der Waals surface area (Å²) in [7, 11) is 0. The van der Waals surface area contributed by atoms with Crippen molar-refractivity contribution < 1.29 is 0 Å². The molecule has 0 atom stereocenters. The van der Waals surface area contributed by atoms with Gasteiger partial charge in [-0.25, -0.2) is 4.98 Å². The lowest BCUT2D eigenvalue weighted by Crippen LogP contribution is -2.17. The Morgan fingerprint density at radius 3 is 2.37 bits per heavy atom. The second kappa shape index (κ2) is 6.45. The van der Waals surface area contributed by atoms with E-state index in [2.05, 4.69) is 62.4 Å². The molecule has 1 aromatic carbocycles. The van der Waals surface area contributed by atoms with E-state index in [4.69, 9.17) is 9.97 Å². The molecule has 0 fully saturated rings. The van der Waals surface area contributed by atoms with Crippen LogP contribution in [0, 0.1) is 12.3 Å². The highest BCUT2D eigenvalue weighted by atomic mass is 15.1. The van der Waals surface area contributed by atoms with Crippen molar-refractivity contribution in [3.63, 3.8) is 0 Å². The van der Waals surface area contributed by atoms with Crippen molar-refractivity contribution in [1.82, 2.24) is 19.5 Å². The van der Waals surface area contributed by atoms with Gasteiger partial charge in [0.25, 0.3) is 0 Å². The lowest BCUT2D eigenvalue weighted by atomic mass is 9.96. The maximum atomic E-state index is 4.94. The van der Waals surface area contributed by atoms with Gasteiger partial charge in [0.05, 0.1) is 16.7 Å². The minimum Gasteiger partial charge on any atom is -0.327 e. The monoisotopic (exact) mass is 358 g/mol. The first-order valence-corrected chi connectivity index (χ1v) is 9.57. The molecule has 0 aliphatic rings. The number of benzene rings is 1. The van der Waals surface area contributed by atoms with Gasteiger partial charge in [0.15, 0.2) is 0 Å². The Morgan fingerprint density at radius 1 is 0.963 bits per heavy atom. The zero-order valence-electron chi connectivity index (χ0n) is 16.7. The third kappa shape index (κ3) is 3.20. The van der Waals surface area contributed by atoms with Gasteiger partial charge in [-0.3, -0.25) is 9.97 Å². The number of hydrogen-bond acceptors (Lipinski definition) is 3. The molecule has 0 aliphatic heterocycles. The van der Waals surface area contributed by atoms with Crippen molar-refractivity contribution in [2.45, 2.75) is 47.6 Å². The summed E-state index contributed by atoms with van der Waals surface area (Å²) in [6, 6.07) is 10.6. The number of nitrogens with zero attached hydrogens (tertiary/aromatic N) is 4. The van der Waals surface area contributed by atoms with Crippen molar-refractivity contribution in [2.75, 3.05) is 0 Å². The molecule has 4 aromatic rings. The van der Waals surface area contributed by atoms with Gasteiger partial charge < -0.3 is 4.57 Å². The van der Waals surface area contributed by atoms with Crippen LogP contribution in [-0.4, -0.2) is 19.5 Å². The third-order valence-corrected chi connectivity index (χ3v) is 4.89. The standard InChI is InChI=1S/C23H26N4/c1-6-20-26-21-15(2)25-19-13-17(16-9-11-24-12-10-16)7-8-18(19)22(21)27(20)14-23(3,4)5/h7-13H,6,14H2,1-5H3. The second-order valence-corrected chi connectivity index (χ2v) is 8.39. The van der Waals surface area contributed by atoms with Crippen LogP contribution in [0.1, 0.15) is 39.2 Å². The topological polar surface area (TPSA) is 43.6 Å². The summed E-state index contributed by atoms with van der Waals surface area (Å²) in [5, 5.41) is 1.17. The molecule has 3 heterocycles. The molecule has 0 N–H and O–H groups in total. The molecule has 0 spiro atoms. The quantitative estimate of drug-likeness (QED) is 0.481. The molecule has 0 bridgehead atoms. The van der Waals surface area contributed by atoms with Gasteiger partial charge in [0.1, 0.15) is 11.3 Å². The van der Waals surface area contributed by atoms with Crippen LogP contribution in [0.15, 0.2) is 42.7 Å². The van der Waals surface area contributed by atoms with Crippen molar-refractivity contribution in [3.05, 3.63) is 54.2 Å². The van der Waals surface area contributed by atoms with Crippen LogP contribution in [-0.2, 0) is 13.0 Å². The van der Waals surface area contributed by atoms with Gasteiger partial charge in [-0.05, 0) is 41.7 Å². The Balaban J connectivity index is 2.01.